The molecule has 5 nitrogen and oxygen atoms in total. The van der Waals surface area contributed by atoms with Gasteiger partial charge >= 0.3 is 6.03 Å². The van der Waals surface area contributed by atoms with Crippen LogP contribution in [0, 0.1) is 5.41 Å². The first kappa shape index (κ1) is 14.4. The third-order valence-corrected chi connectivity index (χ3v) is 3.68. The molecule has 2 N–H and O–H groups in total. The number of rotatable bonds is 2. The number of anilines is 2. The number of nitrogens with zero attached hydrogens (tertiary/aromatic N) is 2. The number of hydrogen-bond acceptors (Lipinski definition) is 2. The number of nitrogens with one attached hydrogen (secondary N) is 2. The third-order valence-electron chi connectivity index (χ3n) is 3.45. The molecule has 6 heteroatoms. The second-order valence-electron chi connectivity index (χ2n) is 4.90. The van der Waals surface area contributed by atoms with Crippen LogP contribution in [0.1, 0.15) is 0 Å². The predicted molar refractivity (Wildman–Crippen MR) is 88.7 cm³/mol. The molecular formula is C16H15ClN4O. The monoisotopic (exact) mass is 314 g/mol. The quantitative estimate of drug-likeness (QED) is 0.889. The molecule has 2 aromatic rings. The minimum absolute atomic E-state index is 0.172. The van der Waals surface area contributed by atoms with Crippen molar-refractivity contribution in [2.45, 2.75) is 0 Å². The van der Waals surface area contributed by atoms with Crippen molar-refractivity contribution in [1.82, 2.24) is 4.90 Å². The summed E-state index contributed by atoms with van der Waals surface area (Å²) in [6.07, 6.45) is 0. The fourth-order valence-electron chi connectivity index (χ4n) is 2.37. The lowest BCUT2D eigenvalue weighted by atomic mass is 10.3. The SMILES string of the molecule is N=C1N(C(=O)Nc2cccc(Cl)c2)CCN1c1ccccc1. The van der Waals surface area contributed by atoms with Gasteiger partial charge in [0.25, 0.3) is 0 Å². The number of halogens is 1. The lowest BCUT2D eigenvalue weighted by Crippen LogP contribution is -2.39. The highest BCUT2D eigenvalue weighted by molar-refractivity contribution is 6.30. The fraction of sp³-hybridized carbons (Fsp3) is 0.125. The van der Waals surface area contributed by atoms with Gasteiger partial charge < -0.3 is 10.2 Å². The zero-order valence-corrected chi connectivity index (χ0v) is 12.5. The summed E-state index contributed by atoms with van der Waals surface area (Å²) in [6.45, 7) is 1.08. The summed E-state index contributed by atoms with van der Waals surface area (Å²) in [7, 11) is 0. The van der Waals surface area contributed by atoms with Gasteiger partial charge in [0.05, 0.1) is 0 Å². The molecule has 2 aromatic carbocycles. The molecule has 1 heterocycles. The standard InChI is InChI=1S/C16H15ClN4O/c17-12-5-4-6-13(11-12)19-16(22)21-10-9-20(15(21)18)14-7-2-1-3-8-14/h1-8,11,18H,9-10H2,(H,19,22). The Morgan fingerprint density at radius 1 is 1.09 bits per heavy atom. The normalized spacial score (nSPS) is 14.3. The van der Waals surface area contributed by atoms with Crippen LogP contribution in [-0.4, -0.2) is 30.0 Å². The van der Waals surface area contributed by atoms with Gasteiger partial charge in [0.15, 0.2) is 0 Å². The summed E-state index contributed by atoms with van der Waals surface area (Å²) in [5.41, 5.74) is 1.52. The minimum Gasteiger partial charge on any atom is -0.311 e. The van der Waals surface area contributed by atoms with Crippen molar-refractivity contribution in [2.75, 3.05) is 23.3 Å². The second-order valence-corrected chi connectivity index (χ2v) is 5.34. The molecule has 0 aliphatic carbocycles. The number of urea groups is 1. The van der Waals surface area contributed by atoms with Crippen molar-refractivity contribution in [3.63, 3.8) is 0 Å². The van der Waals surface area contributed by atoms with Crippen molar-refractivity contribution >= 4 is 35.0 Å². The Balaban J connectivity index is 1.71. The van der Waals surface area contributed by atoms with E-state index in [4.69, 9.17) is 17.0 Å². The van der Waals surface area contributed by atoms with Crippen molar-refractivity contribution in [2.24, 2.45) is 0 Å². The van der Waals surface area contributed by atoms with E-state index in [9.17, 15) is 4.79 Å². The van der Waals surface area contributed by atoms with E-state index < -0.39 is 0 Å². The topological polar surface area (TPSA) is 59.4 Å². The minimum atomic E-state index is -0.328. The lowest BCUT2D eigenvalue weighted by molar-refractivity contribution is 0.236. The number of carbonyl (C=O) groups excluding carboxylic acids is 1. The first-order valence-corrected chi connectivity index (χ1v) is 7.28. The molecule has 112 valence electrons. The summed E-state index contributed by atoms with van der Waals surface area (Å²) >= 11 is 5.90. The van der Waals surface area contributed by atoms with Crippen molar-refractivity contribution in [3.8, 4) is 0 Å². The summed E-state index contributed by atoms with van der Waals surface area (Å²) in [4.78, 5) is 15.5. The molecule has 0 unspecified atom stereocenters. The highest BCUT2D eigenvalue weighted by Gasteiger charge is 2.30. The van der Waals surface area contributed by atoms with E-state index in [0.29, 0.717) is 23.8 Å². The highest BCUT2D eigenvalue weighted by atomic mass is 35.5. The summed E-state index contributed by atoms with van der Waals surface area (Å²) in [6, 6.07) is 16.2. The molecule has 1 fully saturated rings. The van der Waals surface area contributed by atoms with Crippen molar-refractivity contribution in [3.05, 3.63) is 59.6 Å². The number of carbonyl (C=O) groups is 1. The molecule has 1 aliphatic rings. The number of guanidine groups is 1. The number of para-hydroxylation sites is 1. The Hall–Kier alpha value is -2.53. The first-order chi connectivity index (χ1) is 10.6. The van der Waals surface area contributed by atoms with Crippen LogP contribution in [0.25, 0.3) is 0 Å². The molecule has 3 rings (SSSR count). The Morgan fingerprint density at radius 2 is 1.86 bits per heavy atom. The van der Waals surface area contributed by atoms with E-state index in [-0.39, 0.29) is 12.0 Å². The average Bonchev–Trinajstić information content (AvgIpc) is 2.90. The molecular weight excluding hydrogens is 300 g/mol. The zero-order chi connectivity index (χ0) is 15.5. The van der Waals surface area contributed by atoms with Crippen LogP contribution in [0.5, 0.6) is 0 Å². The second kappa shape index (κ2) is 6.07. The van der Waals surface area contributed by atoms with Gasteiger partial charge in [-0.2, -0.15) is 0 Å². The van der Waals surface area contributed by atoms with Crippen LogP contribution in [0.15, 0.2) is 54.6 Å². The Kier molecular flexibility index (Phi) is 3.98. The van der Waals surface area contributed by atoms with Gasteiger partial charge in [-0.3, -0.25) is 10.3 Å². The van der Waals surface area contributed by atoms with E-state index in [2.05, 4.69) is 5.32 Å². The molecule has 0 bridgehead atoms. The summed E-state index contributed by atoms with van der Waals surface area (Å²) in [5.74, 6) is 0.172. The van der Waals surface area contributed by atoms with Crippen LogP contribution in [0.3, 0.4) is 0 Å². The zero-order valence-electron chi connectivity index (χ0n) is 11.8. The van der Waals surface area contributed by atoms with Crippen LogP contribution in [0.2, 0.25) is 5.02 Å². The summed E-state index contributed by atoms with van der Waals surface area (Å²) in [5, 5.41) is 11.5. The largest absolute Gasteiger partial charge is 0.328 e. The maximum absolute atomic E-state index is 12.3. The van der Waals surface area contributed by atoms with E-state index in [1.54, 1.807) is 29.2 Å². The maximum Gasteiger partial charge on any atom is 0.328 e. The van der Waals surface area contributed by atoms with E-state index in [0.717, 1.165) is 5.69 Å². The molecule has 2 amide bonds. The van der Waals surface area contributed by atoms with E-state index in [1.807, 2.05) is 30.3 Å². The van der Waals surface area contributed by atoms with Crippen molar-refractivity contribution < 1.29 is 4.79 Å². The number of benzene rings is 2. The average molecular weight is 315 g/mol. The van der Waals surface area contributed by atoms with Crippen LogP contribution < -0.4 is 10.2 Å². The van der Waals surface area contributed by atoms with E-state index >= 15 is 0 Å². The van der Waals surface area contributed by atoms with Gasteiger partial charge in [0.1, 0.15) is 0 Å². The predicted octanol–water partition coefficient (Wildman–Crippen LogP) is 3.63. The summed E-state index contributed by atoms with van der Waals surface area (Å²) < 4.78 is 0. The highest BCUT2D eigenvalue weighted by Crippen LogP contribution is 2.20. The van der Waals surface area contributed by atoms with Gasteiger partial charge in [0, 0.05) is 29.5 Å². The molecule has 0 spiro atoms. The Labute approximate surface area is 133 Å². The van der Waals surface area contributed by atoms with Crippen LogP contribution in [0.4, 0.5) is 16.2 Å². The molecule has 0 saturated carbocycles. The molecule has 0 atom stereocenters. The molecule has 1 saturated heterocycles. The Bertz CT molecular complexity index is 704. The van der Waals surface area contributed by atoms with E-state index in [1.165, 1.54) is 4.90 Å². The van der Waals surface area contributed by atoms with Crippen LogP contribution in [-0.2, 0) is 0 Å². The van der Waals surface area contributed by atoms with Crippen LogP contribution >= 0.6 is 11.6 Å². The lowest BCUT2D eigenvalue weighted by Gasteiger charge is -2.20. The third kappa shape index (κ3) is 2.89. The van der Waals surface area contributed by atoms with Gasteiger partial charge in [-0.1, -0.05) is 35.9 Å². The molecule has 0 aromatic heterocycles. The van der Waals surface area contributed by atoms with Gasteiger partial charge in [0.2, 0.25) is 5.96 Å². The smallest absolute Gasteiger partial charge is 0.311 e. The molecule has 22 heavy (non-hydrogen) atoms. The maximum atomic E-state index is 12.3. The molecule has 1 aliphatic heterocycles. The van der Waals surface area contributed by atoms with Gasteiger partial charge in [-0.05, 0) is 30.3 Å². The fourth-order valence-corrected chi connectivity index (χ4v) is 2.56. The Morgan fingerprint density at radius 3 is 2.59 bits per heavy atom. The van der Waals surface area contributed by atoms with Gasteiger partial charge in [-0.15, -0.1) is 0 Å². The van der Waals surface area contributed by atoms with Gasteiger partial charge in [-0.25, -0.2) is 4.79 Å². The first-order valence-electron chi connectivity index (χ1n) is 6.90. The number of hydrogen-bond donors (Lipinski definition) is 2. The molecule has 0 radical (unpaired) electrons. The number of amides is 2. The van der Waals surface area contributed by atoms with Crippen molar-refractivity contribution in [1.29, 1.82) is 5.41 Å².